The fraction of sp³-hybridized carbons (Fsp3) is 0.333. The van der Waals surface area contributed by atoms with Gasteiger partial charge in [-0.1, -0.05) is 0 Å². The van der Waals surface area contributed by atoms with Crippen LogP contribution in [0.25, 0.3) is 11.0 Å². The highest BCUT2D eigenvalue weighted by atomic mass is 16.5. The Bertz CT molecular complexity index is 739. The van der Waals surface area contributed by atoms with Crippen molar-refractivity contribution in [3.8, 4) is 17.6 Å². The van der Waals surface area contributed by atoms with Crippen LogP contribution in [0, 0.1) is 18.3 Å². The normalized spacial score (nSPS) is 10.4. The maximum atomic E-state index is 12.1. The highest BCUT2D eigenvalue weighted by molar-refractivity contribution is 6.08. The molecular weight excluding hydrogens is 274 g/mol. The molecule has 6 heteroatoms. The van der Waals surface area contributed by atoms with E-state index in [4.69, 9.17) is 19.2 Å². The first-order valence-electron chi connectivity index (χ1n) is 6.41. The predicted molar refractivity (Wildman–Crippen MR) is 74.4 cm³/mol. The number of methoxy groups -OCH3 is 1. The van der Waals surface area contributed by atoms with Crippen molar-refractivity contribution in [3.05, 3.63) is 23.0 Å². The summed E-state index contributed by atoms with van der Waals surface area (Å²) >= 11 is 0. The molecule has 0 bridgehead atoms. The number of rotatable bonds is 4. The third kappa shape index (κ3) is 2.38. The number of nitrogens with zero attached hydrogens (tertiary/aromatic N) is 1. The van der Waals surface area contributed by atoms with Gasteiger partial charge < -0.3 is 19.0 Å². The van der Waals surface area contributed by atoms with Gasteiger partial charge in [-0.3, -0.25) is 0 Å². The van der Waals surface area contributed by atoms with Gasteiger partial charge in [0, 0.05) is 5.56 Å². The average molecular weight is 289 g/mol. The lowest BCUT2D eigenvalue weighted by atomic mass is 10.0. The molecule has 0 unspecified atom stereocenters. The molecule has 21 heavy (non-hydrogen) atoms. The number of phenols is 1. The number of hydrogen-bond donors (Lipinski definition) is 1. The molecule has 2 aromatic rings. The molecule has 0 aliphatic heterocycles. The van der Waals surface area contributed by atoms with E-state index < -0.39 is 5.97 Å². The van der Waals surface area contributed by atoms with Crippen LogP contribution in [-0.2, 0) is 11.2 Å². The van der Waals surface area contributed by atoms with Crippen molar-refractivity contribution < 1.29 is 23.8 Å². The molecular formula is C15H15NO5. The summed E-state index contributed by atoms with van der Waals surface area (Å²) < 4.78 is 15.6. The van der Waals surface area contributed by atoms with Crippen molar-refractivity contribution in [1.82, 2.24) is 0 Å². The van der Waals surface area contributed by atoms with E-state index in [2.05, 4.69) is 0 Å². The second-order valence-corrected chi connectivity index (χ2v) is 4.38. The molecule has 0 saturated carbocycles. The van der Waals surface area contributed by atoms with E-state index in [1.54, 1.807) is 13.8 Å². The van der Waals surface area contributed by atoms with Crippen molar-refractivity contribution in [3.63, 3.8) is 0 Å². The van der Waals surface area contributed by atoms with Crippen LogP contribution < -0.4 is 4.74 Å². The summed E-state index contributed by atoms with van der Waals surface area (Å²) in [7, 11) is 1.40. The molecule has 2 rings (SSSR count). The number of hydrogen-bond acceptors (Lipinski definition) is 6. The molecule has 0 aliphatic carbocycles. The summed E-state index contributed by atoms with van der Waals surface area (Å²) in [5.41, 5.74) is 0.999. The maximum absolute atomic E-state index is 12.1. The second-order valence-electron chi connectivity index (χ2n) is 4.38. The first-order chi connectivity index (χ1) is 10.0. The van der Waals surface area contributed by atoms with E-state index in [0.29, 0.717) is 16.9 Å². The maximum Gasteiger partial charge on any atom is 0.342 e. The van der Waals surface area contributed by atoms with Crippen LogP contribution in [0.3, 0.4) is 0 Å². The monoisotopic (exact) mass is 289 g/mol. The van der Waals surface area contributed by atoms with Crippen molar-refractivity contribution in [2.24, 2.45) is 0 Å². The Kier molecular flexibility index (Phi) is 4.03. The molecule has 0 spiro atoms. The topological polar surface area (TPSA) is 92.7 Å². The molecule has 1 heterocycles. The smallest absolute Gasteiger partial charge is 0.342 e. The summed E-state index contributed by atoms with van der Waals surface area (Å²) in [6.45, 7) is 3.51. The van der Waals surface area contributed by atoms with E-state index in [0.717, 1.165) is 0 Å². The minimum atomic E-state index is -0.583. The molecule has 0 amide bonds. The van der Waals surface area contributed by atoms with Gasteiger partial charge in [-0.15, -0.1) is 0 Å². The van der Waals surface area contributed by atoms with Crippen molar-refractivity contribution in [1.29, 1.82) is 5.26 Å². The van der Waals surface area contributed by atoms with Gasteiger partial charge in [0.2, 0.25) is 0 Å². The van der Waals surface area contributed by atoms with E-state index >= 15 is 0 Å². The minimum absolute atomic E-state index is 0.0718. The van der Waals surface area contributed by atoms with Gasteiger partial charge >= 0.3 is 5.97 Å². The Morgan fingerprint density at radius 3 is 2.81 bits per heavy atom. The van der Waals surface area contributed by atoms with E-state index in [9.17, 15) is 9.90 Å². The number of carbonyl (C=O) groups is 1. The zero-order valence-electron chi connectivity index (χ0n) is 12.0. The molecule has 0 saturated heterocycles. The first kappa shape index (κ1) is 14.7. The SMILES string of the molecule is CCOC(=O)c1c(C)oc2c(CC#N)cc(OC)c(O)c12. The molecule has 0 fully saturated rings. The molecule has 0 aliphatic rings. The summed E-state index contributed by atoms with van der Waals surface area (Å²) in [5, 5.41) is 19.4. The van der Waals surface area contributed by atoms with Crippen LogP contribution in [0.1, 0.15) is 28.6 Å². The Hall–Kier alpha value is -2.68. The lowest BCUT2D eigenvalue weighted by Gasteiger charge is -2.08. The molecule has 1 N–H and O–H groups in total. The van der Waals surface area contributed by atoms with Crippen LogP contribution in [0.5, 0.6) is 11.5 Å². The fourth-order valence-electron chi connectivity index (χ4n) is 2.23. The number of ether oxygens (including phenoxy) is 2. The summed E-state index contributed by atoms with van der Waals surface area (Å²) in [6.07, 6.45) is 0.0718. The minimum Gasteiger partial charge on any atom is -0.504 e. The van der Waals surface area contributed by atoms with Crippen LogP contribution in [0.2, 0.25) is 0 Å². The summed E-state index contributed by atoms with van der Waals surface area (Å²) in [5.74, 6) is -0.278. The fourth-order valence-corrected chi connectivity index (χ4v) is 2.23. The Labute approximate surface area is 121 Å². The van der Waals surface area contributed by atoms with Gasteiger partial charge in [-0.2, -0.15) is 5.26 Å². The number of benzene rings is 1. The number of esters is 1. The lowest BCUT2D eigenvalue weighted by Crippen LogP contribution is -2.05. The molecule has 0 radical (unpaired) electrons. The van der Waals surface area contributed by atoms with Crippen LogP contribution in [0.4, 0.5) is 0 Å². The van der Waals surface area contributed by atoms with Gasteiger partial charge in [0.05, 0.1) is 31.6 Å². The van der Waals surface area contributed by atoms with Gasteiger partial charge in [0.25, 0.3) is 0 Å². The van der Waals surface area contributed by atoms with Crippen LogP contribution in [0.15, 0.2) is 10.5 Å². The van der Waals surface area contributed by atoms with E-state index in [1.165, 1.54) is 13.2 Å². The third-order valence-electron chi connectivity index (χ3n) is 3.12. The predicted octanol–water partition coefficient (Wildman–Crippen LogP) is 2.70. The zero-order chi connectivity index (χ0) is 15.6. The third-order valence-corrected chi connectivity index (χ3v) is 3.12. The van der Waals surface area contributed by atoms with Crippen molar-refractivity contribution >= 4 is 16.9 Å². The highest BCUT2D eigenvalue weighted by Crippen LogP contribution is 2.41. The highest BCUT2D eigenvalue weighted by Gasteiger charge is 2.26. The Balaban J connectivity index is 2.82. The van der Waals surface area contributed by atoms with Crippen LogP contribution >= 0.6 is 0 Å². The molecule has 0 atom stereocenters. The average Bonchev–Trinajstić information content (AvgIpc) is 2.80. The first-order valence-corrected chi connectivity index (χ1v) is 6.41. The quantitative estimate of drug-likeness (QED) is 0.870. The number of fused-ring (bicyclic) bond motifs is 1. The molecule has 6 nitrogen and oxygen atoms in total. The van der Waals surface area contributed by atoms with E-state index in [1.807, 2.05) is 6.07 Å². The molecule has 1 aromatic carbocycles. The second kappa shape index (κ2) is 5.75. The van der Waals surface area contributed by atoms with Gasteiger partial charge in [-0.05, 0) is 19.9 Å². The largest absolute Gasteiger partial charge is 0.504 e. The number of aryl methyl sites for hydroxylation is 1. The number of phenolic OH excluding ortho intramolecular Hbond substituents is 1. The van der Waals surface area contributed by atoms with E-state index in [-0.39, 0.29) is 35.5 Å². The van der Waals surface area contributed by atoms with Crippen LogP contribution in [-0.4, -0.2) is 24.8 Å². The summed E-state index contributed by atoms with van der Waals surface area (Å²) in [6, 6.07) is 3.54. The number of aromatic hydroxyl groups is 1. The number of carbonyl (C=O) groups excluding carboxylic acids is 1. The van der Waals surface area contributed by atoms with Crippen molar-refractivity contribution in [2.45, 2.75) is 20.3 Å². The molecule has 1 aromatic heterocycles. The van der Waals surface area contributed by atoms with Crippen molar-refractivity contribution in [2.75, 3.05) is 13.7 Å². The van der Waals surface area contributed by atoms with Gasteiger partial charge in [0.15, 0.2) is 11.5 Å². The molecule has 110 valence electrons. The Morgan fingerprint density at radius 2 is 2.24 bits per heavy atom. The Morgan fingerprint density at radius 1 is 1.52 bits per heavy atom. The number of furan rings is 1. The standard InChI is InChI=1S/C15H15NO5/c1-4-20-15(18)11-8(2)21-14-9(5-6-16)7-10(19-3)13(17)12(11)14/h7,17H,4-5H2,1-3H3. The summed E-state index contributed by atoms with van der Waals surface area (Å²) in [4.78, 5) is 12.1. The van der Waals surface area contributed by atoms with Gasteiger partial charge in [0.1, 0.15) is 16.9 Å². The number of nitriles is 1. The van der Waals surface area contributed by atoms with Gasteiger partial charge in [-0.25, -0.2) is 4.79 Å². The lowest BCUT2D eigenvalue weighted by molar-refractivity contribution is 0.0526. The zero-order valence-corrected chi connectivity index (χ0v) is 12.0.